The van der Waals surface area contributed by atoms with Crippen molar-refractivity contribution in [2.75, 3.05) is 0 Å². The highest BCUT2D eigenvalue weighted by atomic mass is 16.7. The molecule has 0 aliphatic heterocycles. The molecule has 3 nitrogen and oxygen atoms in total. The van der Waals surface area contributed by atoms with E-state index in [1.165, 1.54) is 0 Å². The Labute approximate surface area is 73.7 Å². The molecule has 0 bridgehead atoms. The van der Waals surface area contributed by atoms with E-state index in [0.29, 0.717) is 5.57 Å². The van der Waals surface area contributed by atoms with E-state index in [0.717, 1.165) is 6.42 Å². The van der Waals surface area contributed by atoms with Gasteiger partial charge in [-0.1, -0.05) is 13.0 Å². The van der Waals surface area contributed by atoms with Crippen LogP contribution in [-0.2, 0) is 9.63 Å². The number of hydrogen-bond acceptors (Lipinski definition) is 2. The fraction of sp³-hybridized carbons (Fsp3) is 0.667. The number of carbonyl (C=O) groups is 1. The molecular formula is C9H17NO2. The number of hydrogen-bond donors (Lipinski definition) is 1. The van der Waals surface area contributed by atoms with Crippen molar-refractivity contribution in [1.29, 1.82) is 0 Å². The summed E-state index contributed by atoms with van der Waals surface area (Å²) >= 11 is 0. The molecule has 3 heteroatoms. The summed E-state index contributed by atoms with van der Waals surface area (Å²) in [6.07, 6.45) is 2.74. The smallest absolute Gasteiger partial charge is 0.270 e. The van der Waals surface area contributed by atoms with E-state index >= 15 is 0 Å². The van der Waals surface area contributed by atoms with E-state index in [4.69, 9.17) is 4.84 Å². The van der Waals surface area contributed by atoms with E-state index in [1.54, 1.807) is 6.92 Å². The van der Waals surface area contributed by atoms with Crippen LogP contribution in [0.5, 0.6) is 0 Å². The maximum atomic E-state index is 11.1. The van der Waals surface area contributed by atoms with E-state index in [-0.39, 0.29) is 12.0 Å². The van der Waals surface area contributed by atoms with Crippen LogP contribution in [0.15, 0.2) is 11.6 Å². The minimum atomic E-state index is -0.162. The normalized spacial score (nSPS) is 11.9. The van der Waals surface area contributed by atoms with Gasteiger partial charge in [-0.15, -0.1) is 0 Å². The van der Waals surface area contributed by atoms with Crippen molar-refractivity contribution in [3.63, 3.8) is 0 Å². The van der Waals surface area contributed by atoms with Gasteiger partial charge in [-0.3, -0.25) is 9.63 Å². The quantitative estimate of drug-likeness (QED) is 0.517. The van der Waals surface area contributed by atoms with Gasteiger partial charge in [-0.25, -0.2) is 5.48 Å². The molecule has 0 rings (SSSR count). The minimum Gasteiger partial charge on any atom is -0.271 e. The Morgan fingerprint density at radius 3 is 2.58 bits per heavy atom. The third-order valence-electron chi connectivity index (χ3n) is 1.26. The summed E-state index contributed by atoms with van der Waals surface area (Å²) in [5.41, 5.74) is 3.05. The molecule has 70 valence electrons. The van der Waals surface area contributed by atoms with Gasteiger partial charge in [0.15, 0.2) is 0 Å². The molecule has 12 heavy (non-hydrogen) atoms. The summed E-state index contributed by atoms with van der Waals surface area (Å²) in [5.74, 6) is -0.162. The zero-order valence-corrected chi connectivity index (χ0v) is 8.18. The number of allylic oxidation sites excluding steroid dienone is 1. The summed E-state index contributed by atoms with van der Waals surface area (Å²) < 4.78 is 0. The van der Waals surface area contributed by atoms with Crippen molar-refractivity contribution >= 4 is 5.91 Å². The largest absolute Gasteiger partial charge is 0.271 e. The van der Waals surface area contributed by atoms with Crippen molar-refractivity contribution in [3.05, 3.63) is 11.6 Å². The zero-order valence-electron chi connectivity index (χ0n) is 8.18. The van der Waals surface area contributed by atoms with Crippen LogP contribution < -0.4 is 5.48 Å². The average molecular weight is 171 g/mol. The van der Waals surface area contributed by atoms with Crippen LogP contribution in [0.2, 0.25) is 0 Å². The fourth-order valence-corrected chi connectivity index (χ4v) is 0.651. The van der Waals surface area contributed by atoms with Gasteiger partial charge in [-0.2, -0.15) is 0 Å². The predicted octanol–water partition coefficient (Wildman–Crippen LogP) is 1.80. The summed E-state index contributed by atoms with van der Waals surface area (Å²) in [4.78, 5) is 16.1. The van der Waals surface area contributed by atoms with E-state index in [2.05, 4.69) is 5.48 Å². The van der Waals surface area contributed by atoms with Gasteiger partial charge in [0, 0.05) is 5.57 Å². The SMILES string of the molecule is CCC=C(C)C(=O)NOC(C)C. The maximum Gasteiger partial charge on any atom is 0.270 e. The average Bonchev–Trinajstić information content (AvgIpc) is 2.00. The van der Waals surface area contributed by atoms with Crippen LogP contribution in [-0.4, -0.2) is 12.0 Å². The van der Waals surface area contributed by atoms with Crippen LogP contribution >= 0.6 is 0 Å². The molecular weight excluding hydrogens is 154 g/mol. The first kappa shape index (κ1) is 11.2. The second kappa shape index (κ2) is 5.77. The summed E-state index contributed by atoms with van der Waals surface area (Å²) in [5, 5.41) is 0. The number of nitrogens with one attached hydrogen (secondary N) is 1. The van der Waals surface area contributed by atoms with Gasteiger partial charge in [0.25, 0.3) is 5.91 Å². The number of amides is 1. The molecule has 0 aromatic rings. The summed E-state index contributed by atoms with van der Waals surface area (Å²) in [6, 6.07) is 0. The predicted molar refractivity (Wildman–Crippen MR) is 48.4 cm³/mol. The second-order valence-electron chi connectivity index (χ2n) is 2.89. The molecule has 0 fully saturated rings. The van der Waals surface area contributed by atoms with Gasteiger partial charge >= 0.3 is 0 Å². The third-order valence-corrected chi connectivity index (χ3v) is 1.26. The lowest BCUT2D eigenvalue weighted by molar-refractivity contribution is -0.132. The van der Waals surface area contributed by atoms with E-state index < -0.39 is 0 Å². The molecule has 0 saturated heterocycles. The number of carbonyl (C=O) groups excluding carboxylic acids is 1. The topological polar surface area (TPSA) is 38.3 Å². The monoisotopic (exact) mass is 171 g/mol. The Kier molecular flexibility index (Phi) is 5.37. The molecule has 0 aromatic carbocycles. The van der Waals surface area contributed by atoms with Gasteiger partial charge in [0.2, 0.25) is 0 Å². The summed E-state index contributed by atoms with van der Waals surface area (Å²) in [7, 11) is 0. The van der Waals surface area contributed by atoms with E-state index in [9.17, 15) is 4.79 Å². The van der Waals surface area contributed by atoms with Crippen molar-refractivity contribution in [3.8, 4) is 0 Å². The maximum absolute atomic E-state index is 11.1. The molecule has 0 spiro atoms. The molecule has 1 N–H and O–H groups in total. The molecule has 0 aliphatic rings. The van der Waals surface area contributed by atoms with Crippen LogP contribution in [0.25, 0.3) is 0 Å². The van der Waals surface area contributed by atoms with Gasteiger partial charge in [-0.05, 0) is 27.2 Å². The number of rotatable bonds is 4. The van der Waals surface area contributed by atoms with Crippen molar-refractivity contribution < 1.29 is 9.63 Å². The molecule has 0 heterocycles. The molecule has 0 aliphatic carbocycles. The molecule has 0 radical (unpaired) electrons. The molecule has 0 unspecified atom stereocenters. The Hall–Kier alpha value is -0.830. The van der Waals surface area contributed by atoms with Gasteiger partial charge in [0.1, 0.15) is 0 Å². The Bertz CT molecular complexity index is 173. The van der Waals surface area contributed by atoms with Crippen LogP contribution in [0.3, 0.4) is 0 Å². The highest BCUT2D eigenvalue weighted by Crippen LogP contribution is 1.95. The first-order valence-corrected chi connectivity index (χ1v) is 4.20. The fourth-order valence-electron chi connectivity index (χ4n) is 0.651. The first-order chi connectivity index (χ1) is 5.57. The van der Waals surface area contributed by atoms with Gasteiger partial charge < -0.3 is 0 Å². The molecule has 1 amide bonds. The Morgan fingerprint density at radius 2 is 2.17 bits per heavy atom. The lowest BCUT2D eigenvalue weighted by Crippen LogP contribution is -2.27. The van der Waals surface area contributed by atoms with Crippen LogP contribution in [0.4, 0.5) is 0 Å². The van der Waals surface area contributed by atoms with Gasteiger partial charge in [0.05, 0.1) is 6.10 Å². The summed E-state index contributed by atoms with van der Waals surface area (Å²) in [6.45, 7) is 7.47. The molecule has 0 saturated carbocycles. The minimum absolute atomic E-state index is 0.0170. The van der Waals surface area contributed by atoms with E-state index in [1.807, 2.05) is 26.8 Å². The Morgan fingerprint density at radius 1 is 1.58 bits per heavy atom. The standard InChI is InChI=1S/C9H17NO2/c1-5-6-8(4)9(11)10-12-7(2)3/h6-7H,5H2,1-4H3,(H,10,11). The lowest BCUT2D eigenvalue weighted by Gasteiger charge is -2.07. The van der Waals surface area contributed by atoms with Crippen molar-refractivity contribution in [2.45, 2.75) is 40.2 Å². The first-order valence-electron chi connectivity index (χ1n) is 4.20. The Balaban J connectivity index is 3.80. The van der Waals surface area contributed by atoms with Crippen molar-refractivity contribution in [1.82, 2.24) is 5.48 Å². The number of hydroxylamine groups is 1. The van der Waals surface area contributed by atoms with Crippen LogP contribution in [0.1, 0.15) is 34.1 Å². The second-order valence-corrected chi connectivity index (χ2v) is 2.89. The zero-order chi connectivity index (χ0) is 9.56. The highest BCUT2D eigenvalue weighted by molar-refractivity contribution is 5.91. The highest BCUT2D eigenvalue weighted by Gasteiger charge is 2.03. The van der Waals surface area contributed by atoms with Crippen molar-refractivity contribution in [2.24, 2.45) is 0 Å². The van der Waals surface area contributed by atoms with Crippen LogP contribution in [0, 0.1) is 0 Å². The molecule has 0 atom stereocenters. The lowest BCUT2D eigenvalue weighted by atomic mass is 10.2. The third kappa shape index (κ3) is 4.91. The molecule has 0 aromatic heterocycles.